The molecule has 5 heteroatoms. The molecule has 0 atom stereocenters. The summed E-state index contributed by atoms with van der Waals surface area (Å²) in [5, 5.41) is 6.20. The molecule has 0 aliphatic carbocycles. The lowest BCUT2D eigenvalue weighted by Crippen LogP contribution is -2.19. The second-order valence-electron chi connectivity index (χ2n) is 4.07. The van der Waals surface area contributed by atoms with E-state index in [4.69, 9.17) is 12.2 Å². The van der Waals surface area contributed by atoms with E-state index in [0.717, 1.165) is 15.7 Å². The van der Waals surface area contributed by atoms with Crippen molar-refractivity contribution in [3.05, 3.63) is 58.3 Å². The molecule has 2 aromatic rings. The highest BCUT2D eigenvalue weighted by Gasteiger charge is 2.04. The van der Waals surface area contributed by atoms with E-state index in [1.807, 2.05) is 31.2 Å². The van der Waals surface area contributed by atoms with E-state index < -0.39 is 0 Å². The van der Waals surface area contributed by atoms with Crippen LogP contribution in [0, 0.1) is 12.7 Å². The molecule has 0 saturated heterocycles. The first-order valence-corrected chi connectivity index (χ1v) is 6.84. The Morgan fingerprint density at radius 2 is 1.79 bits per heavy atom. The molecule has 0 bridgehead atoms. The zero-order valence-electron chi connectivity index (χ0n) is 10.2. The zero-order chi connectivity index (χ0) is 13.8. The molecule has 19 heavy (non-hydrogen) atoms. The maximum absolute atomic E-state index is 13.6. The van der Waals surface area contributed by atoms with Gasteiger partial charge >= 0.3 is 0 Å². The Balaban J connectivity index is 2.05. The highest BCUT2D eigenvalue weighted by atomic mass is 79.9. The standard InChI is InChI=1S/C14H12BrFN2S/c1-9-2-7-12(16)13(8-9)18-14(19)17-11-5-3-10(15)4-6-11/h2-8H,1H3,(H2,17,18,19). The van der Waals surface area contributed by atoms with Crippen LogP contribution in [0.25, 0.3) is 0 Å². The Morgan fingerprint density at radius 3 is 2.47 bits per heavy atom. The Hall–Kier alpha value is -1.46. The van der Waals surface area contributed by atoms with Gasteiger partial charge in [0.25, 0.3) is 0 Å². The second-order valence-corrected chi connectivity index (χ2v) is 5.39. The molecule has 0 amide bonds. The normalized spacial score (nSPS) is 10.1. The molecule has 0 aromatic heterocycles. The van der Waals surface area contributed by atoms with Crippen LogP contribution in [-0.2, 0) is 0 Å². The summed E-state index contributed by atoms with van der Waals surface area (Å²) in [5.74, 6) is -0.328. The Morgan fingerprint density at radius 1 is 1.11 bits per heavy atom. The average Bonchev–Trinajstić information content (AvgIpc) is 2.37. The number of thiocarbonyl (C=S) groups is 1. The third-order valence-electron chi connectivity index (χ3n) is 2.47. The van der Waals surface area contributed by atoms with Crippen molar-refractivity contribution in [3.8, 4) is 0 Å². The number of hydrogen-bond acceptors (Lipinski definition) is 1. The Kier molecular flexibility index (Phi) is 4.50. The lowest BCUT2D eigenvalue weighted by molar-refractivity contribution is 0.632. The summed E-state index contributed by atoms with van der Waals surface area (Å²) in [4.78, 5) is 0. The van der Waals surface area contributed by atoms with Gasteiger partial charge in [-0.3, -0.25) is 0 Å². The van der Waals surface area contributed by atoms with Gasteiger partial charge in [-0.15, -0.1) is 0 Å². The molecular weight excluding hydrogens is 327 g/mol. The molecule has 98 valence electrons. The van der Waals surface area contributed by atoms with Crippen molar-refractivity contribution in [2.75, 3.05) is 10.6 Å². The minimum atomic E-state index is -0.328. The van der Waals surface area contributed by atoms with E-state index >= 15 is 0 Å². The number of anilines is 2. The molecule has 0 spiro atoms. The lowest BCUT2D eigenvalue weighted by Gasteiger charge is -2.11. The molecule has 2 nitrogen and oxygen atoms in total. The summed E-state index contributed by atoms with van der Waals surface area (Å²) in [6.45, 7) is 1.90. The number of hydrogen-bond donors (Lipinski definition) is 2. The van der Waals surface area contributed by atoms with Gasteiger partial charge in [0.2, 0.25) is 0 Å². The monoisotopic (exact) mass is 338 g/mol. The van der Waals surface area contributed by atoms with Crippen LogP contribution in [0.1, 0.15) is 5.56 Å². The number of halogens is 2. The summed E-state index contributed by atoms with van der Waals surface area (Å²) in [6.07, 6.45) is 0. The quantitative estimate of drug-likeness (QED) is 0.775. The molecule has 0 aliphatic heterocycles. The van der Waals surface area contributed by atoms with Crippen molar-refractivity contribution < 1.29 is 4.39 Å². The fraction of sp³-hybridized carbons (Fsp3) is 0.0714. The summed E-state index contributed by atoms with van der Waals surface area (Å²) in [7, 11) is 0. The highest BCUT2D eigenvalue weighted by molar-refractivity contribution is 9.10. The van der Waals surface area contributed by atoms with Crippen LogP contribution in [0.4, 0.5) is 15.8 Å². The van der Waals surface area contributed by atoms with E-state index in [0.29, 0.717) is 10.8 Å². The van der Waals surface area contributed by atoms with Crippen LogP contribution in [-0.4, -0.2) is 5.11 Å². The maximum Gasteiger partial charge on any atom is 0.175 e. The minimum absolute atomic E-state index is 0.328. The van der Waals surface area contributed by atoms with E-state index in [1.54, 1.807) is 12.1 Å². The smallest absolute Gasteiger partial charge is 0.175 e. The topological polar surface area (TPSA) is 24.1 Å². The van der Waals surface area contributed by atoms with Crippen LogP contribution in [0.3, 0.4) is 0 Å². The van der Waals surface area contributed by atoms with E-state index in [2.05, 4.69) is 26.6 Å². The van der Waals surface area contributed by atoms with Crippen LogP contribution in [0.5, 0.6) is 0 Å². The van der Waals surface area contributed by atoms with Crippen LogP contribution in [0.2, 0.25) is 0 Å². The molecule has 2 rings (SSSR count). The predicted molar refractivity (Wildman–Crippen MR) is 85.1 cm³/mol. The van der Waals surface area contributed by atoms with Crippen molar-refractivity contribution in [2.24, 2.45) is 0 Å². The van der Waals surface area contributed by atoms with E-state index in [9.17, 15) is 4.39 Å². The molecule has 0 radical (unpaired) electrons. The summed E-state index contributed by atoms with van der Waals surface area (Å²) < 4.78 is 14.6. The van der Waals surface area contributed by atoms with Crippen molar-refractivity contribution in [1.82, 2.24) is 0 Å². The first-order valence-electron chi connectivity index (χ1n) is 5.64. The van der Waals surface area contributed by atoms with Crippen LogP contribution in [0.15, 0.2) is 46.9 Å². The number of rotatable bonds is 2. The van der Waals surface area contributed by atoms with Crippen molar-refractivity contribution in [3.63, 3.8) is 0 Å². The first-order chi connectivity index (χ1) is 9.04. The lowest BCUT2D eigenvalue weighted by atomic mass is 10.2. The Labute approximate surface area is 125 Å². The summed E-state index contributed by atoms with van der Waals surface area (Å²) in [6, 6.07) is 12.4. The SMILES string of the molecule is Cc1ccc(F)c(NC(=S)Nc2ccc(Br)cc2)c1. The van der Waals surface area contributed by atoms with Gasteiger partial charge in [0.1, 0.15) is 5.82 Å². The summed E-state index contributed by atoms with van der Waals surface area (Å²) >= 11 is 8.51. The van der Waals surface area contributed by atoms with Crippen molar-refractivity contribution in [2.45, 2.75) is 6.92 Å². The average molecular weight is 339 g/mol. The second kappa shape index (κ2) is 6.12. The highest BCUT2D eigenvalue weighted by Crippen LogP contribution is 2.17. The van der Waals surface area contributed by atoms with Gasteiger partial charge in [0.15, 0.2) is 5.11 Å². The van der Waals surface area contributed by atoms with Gasteiger partial charge in [-0.05, 0) is 61.1 Å². The molecule has 0 heterocycles. The first kappa shape index (κ1) is 14.0. The molecule has 2 N–H and O–H groups in total. The van der Waals surface area contributed by atoms with Gasteiger partial charge < -0.3 is 10.6 Å². The maximum atomic E-state index is 13.6. The fourth-order valence-electron chi connectivity index (χ4n) is 1.55. The molecule has 0 fully saturated rings. The largest absolute Gasteiger partial charge is 0.332 e. The fourth-order valence-corrected chi connectivity index (χ4v) is 2.04. The molecule has 2 aromatic carbocycles. The minimum Gasteiger partial charge on any atom is -0.332 e. The number of aryl methyl sites for hydroxylation is 1. The third-order valence-corrected chi connectivity index (χ3v) is 3.20. The molecule has 0 aliphatic rings. The van der Waals surface area contributed by atoms with Gasteiger partial charge in [0.05, 0.1) is 5.69 Å². The van der Waals surface area contributed by atoms with E-state index in [1.165, 1.54) is 6.07 Å². The van der Waals surface area contributed by atoms with Crippen molar-refractivity contribution in [1.29, 1.82) is 0 Å². The zero-order valence-corrected chi connectivity index (χ0v) is 12.6. The van der Waals surface area contributed by atoms with Crippen LogP contribution >= 0.6 is 28.1 Å². The summed E-state index contributed by atoms with van der Waals surface area (Å²) in [5.41, 5.74) is 2.18. The number of nitrogens with one attached hydrogen (secondary N) is 2. The van der Waals surface area contributed by atoms with Crippen molar-refractivity contribution >= 4 is 44.6 Å². The molecule has 0 unspecified atom stereocenters. The van der Waals surface area contributed by atoms with Gasteiger partial charge in [-0.1, -0.05) is 22.0 Å². The van der Waals surface area contributed by atoms with Crippen LogP contribution < -0.4 is 10.6 Å². The van der Waals surface area contributed by atoms with E-state index in [-0.39, 0.29) is 5.82 Å². The molecule has 0 saturated carbocycles. The van der Waals surface area contributed by atoms with Gasteiger partial charge in [0, 0.05) is 10.2 Å². The van der Waals surface area contributed by atoms with Gasteiger partial charge in [-0.25, -0.2) is 4.39 Å². The predicted octanol–water partition coefficient (Wildman–Crippen LogP) is 4.71. The third kappa shape index (κ3) is 4.01. The number of benzene rings is 2. The molecular formula is C14H12BrFN2S. The van der Waals surface area contributed by atoms with Gasteiger partial charge in [-0.2, -0.15) is 0 Å². The Bertz CT molecular complexity index is 599.